The number of nitrogens with one attached hydrogen (secondary N) is 1. The smallest absolute Gasteiger partial charge is 0.222 e. The van der Waals surface area contributed by atoms with Crippen LogP contribution in [0.2, 0.25) is 0 Å². The lowest BCUT2D eigenvalue weighted by Gasteiger charge is -2.20. The van der Waals surface area contributed by atoms with Gasteiger partial charge in [0.05, 0.1) is 19.3 Å². The molecule has 0 aliphatic heterocycles. The van der Waals surface area contributed by atoms with Crippen molar-refractivity contribution in [2.75, 3.05) is 26.1 Å². The Balaban J connectivity index is 2.36. The number of aromatic nitrogens is 2. The molecule has 6 nitrogen and oxygen atoms in total. The highest BCUT2D eigenvalue weighted by Gasteiger charge is 2.16. The van der Waals surface area contributed by atoms with Crippen LogP contribution in [-0.2, 0) is 4.74 Å². The quantitative estimate of drug-likeness (QED) is 0.759. The largest absolute Gasteiger partial charge is 0.497 e. The lowest BCUT2D eigenvalue weighted by atomic mass is 10.1. The van der Waals surface area contributed by atoms with Crippen molar-refractivity contribution in [2.45, 2.75) is 47.1 Å². The first-order valence-electron chi connectivity index (χ1n) is 8.82. The van der Waals surface area contributed by atoms with E-state index in [1.165, 1.54) is 0 Å². The van der Waals surface area contributed by atoms with Gasteiger partial charge >= 0.3 is 0 Å². The van der Waals surface area contributed by atoms with Crippen molar-refractivity contribution in [3.63, 3.8) is 0 Å². The van der Waals surface area contributed by atoms with E-state index >= 15 is 0 Å². The van der Waals surface area contributed by atoms with Gasteiger partial charge in [-0.3, -0.25) is 0 Å². The van der Waals surface area contributed by atoms with Gasteiger partial charge < -0.3 is 19.5 Å². The normalized spacial score (nSPS) is 12.0. The summed E-state index contributed by atoms with van der Waals surface area (Å²) in [6.07, 6.45) is 0.806. The molecular formula is C20H29N3O3. The van der Waals surface area contributed by atoms with E-state index in [4.69, 9.17) is 14.2 Å². The van der Waals surface area contributed by atoms with Crippen molar-refractivity contribution >= 4 is 11.5 Å². The number of benzene rings is 1. The van der Waals surface area contributed by atoms with E-state index in [-0.39, 0.29) is 6.10 Å². The fourth-order valence-electron chi connectivity index (χ4n) is 2.78. The maximum Gasteiger partial charge on any atom is 0.222 e. The number of nitrogens with zero attached hydrogens (tertiary/aromatic N) is 2. The van der Waals surface area contributed by atoms with Gasteiger partial charge in [0.15, 0.2) is 0 Å². The fraction of sp³-hybridized carbons (Fsp3) is 0.500. The van der Waals surface area contributed by atoms with Crippen LogP contribution in [0.15, 0.2) is 12.1 Å². The van der Waals surface area contributed by atoms with Crippen LogP contribution in [0.25, 0.3) is 0 Å². The van der Waals surface area contributed by atoms with E-state index in [0.717, 1.165) is 40.4 Å². The monoisotopic (exact) mass is 359 g/mol. The van der Waals surface area contributed by atoms with Gasteiger partial charge in [-0.1, -0.05) is 6.92 Å². The fourth-order valence-corrected chi connectivity index (χ4v) is 2.78. The van der Waals surface area contributed by atoms with Gasteiger partial charge in [-0.2, -0.15) is 4.98 Å². The summed E-state index contributed by atoms with van der Waals surface area (Å²) < 4.78 is 16.6. The molecule has 0 saturated carbocycles. The first kappa shape index (κ1) is 20.0. The lowest BCUT2D eigenvalue weighted by molar-refractivity contribution is 0.0750. The Hall–Kier alpha value is -2.34. The third kappa shape index (κ3) is 4.64. The second-order valence-corrected chi connectivity index (χ2v) is 6.41. The molecule has 0 saturated heterocycles. The molecule has 0 radical (unpaired) electrons. The van der Waals surface area contributed by atoms with E-state index in [0.29, 0.717) is 18.3 Å². The molecule has 142 valence electrons. The number of hydrogen-bond donors (Lipinski definition) is 1. The number of ether oxygens (including phenoxy) is 3. The molecule has 0 fully saturated rings. The highest BCUT2D eigenvalue weighted by molar-refractivity contribution is 5.68. The van der Waals surface area contributed by atoms with Crippen LogP contribution in [0.3, 0.4) is 0 Å². The second kappa shape index (κ2) is 8.85. The van der Waals surface area contributed by atoms with Crippen molar-refractivity contribution < 1.29 is 14.2 Å². The minimum Gasteiger partial charge on any atom is -0.497 e. The predicted molar refractivity (Wildman–Crippen MR) is 104 cm³/mol. The zero-order valence-electron chi connectivity index (χ0n) is 16.8. The summed E-state index contributed by atoms with van der Waals surface area (Å²) in [7, 11) is 3.35. The molecule has 1 heterocycles. The Morgan fingerprint density at radius 2 is 1.69 bits per heavy atom. The minimum absolute atomic E-state index is 0.0368. The number of anilines is 2. The topological polar surface area (TPSA) is 65.5 Å². The highest BCUT2D eigenvalue weighted by Crippen LogP contribution is 2.31. The third-order valence-electron chi connectivity index (χ3n) is 4.28. The summed E-state index contributed by atoms with van der Waals surface area (Å²) in [6.45, 7) is 10.5. The van der Waals surface area contributed by atoms with Crippen LogP contribution >= 0.6 is 0 Å². The van der Waals surface area contributed by atoms with Crippen LogP contribution in [0, 0.1) is 27.7 Å². The maximum atomic E-state index is 6.05. The molecule has 26 heavy (non-hydrogen) atoms. The second-order valence-electron chi connectivity index (χ2n) is 6.41. The van der Waals surface area contributed by atoms with Crippen molar-refractivity contribution in [1.82, 2.24) is 9.97 Å². The molecule has 1 aromatic heterocycles. The number of methoxy groups -OCH3 is 2. The maximum absolute atomic E-state index is 6.05. The van der Waals surface area contributed by atoms with Gasteiger partial charge in [-0.25, -0.2) is 4.98 Å². The molecule has 0 bridgehead atoms. The Labute approximate surface area is 155 Å². The molecule has 1 unspecified atom stereocenters. The van der Waals surface area contributed by atoms with Gasteiger partial charge in [0, 0.05) is 12.8 Å². The third-order valence-corrected chi connectivity index (χ3v) is 4.28. The van der Waals surface area contributed by atoms with E-state index in [1.54, 1.807) is 14.2 Å². The van der Waals surface area contributed by atoms with Crippen LogP contribution in [0.4, 0.5) is 11.5 Å². The van der Waals surface area contributed by atoms with Crippen LogP contribution in [0.5, 0.6) is 11.6 Å². The summed E-state index contributed by atoms with van der Waals surface area (Å²) >= 11 is 0. The standard InChI is InChI=1S/C20H29N3O3/c1-8-16(11-24-6)26-20-14(4)19(21-15(5)22-20)23-18-12(2)9-17(25-7)10-13(18)3/h9-10,16H,8,11H2,1-7H3,(H,21,22,23). The summed E-state index contributed by atoms with van der Waals surface area (Å²) in [5.74, 6) is 2.84. The minimum atomic E-state index is -0.0368. The summed E-state index contributed by atoms with van der Waals surface area (Å²) in [6, 6.07) is 4.00. The predicted octanol–water partition coefficient (Wildman–Crippen LogP) is 4.27. The Morgan fingerprint density at radius 3 is 2.23 bits per heavy atom. The molecule has 0 aliphatic rings. The molecule has 6 heteroatoms. The molecule has 0 spiro atoms. The average molecular weight is 359 g/mol. The molecule has 1 atom stereocenters. The van der Waals surface area contributed by atoms with Gasteiger partial charge in [0.1, 0.15) is 23.5 Å². The zero-order chi connectivity index (χ0) is 19.3. The Morgan fingerprint density at radius 1 is 1.04 bits per heavy atom. The van der Waals surface area contributed by atoms with E-state index in [2.05, 4.69) is 22.2 Å². The number of aryl methyl sites for hydroxylation is 3. The van der Waals surface area contributed by atoms with Gasteiger partial charge in [-0.05, 0) is 57.4 Å². The SMILES string of the molecule is CCC(COC)Oc1nc(C)nc(Nc2c(C)cc(OC)cc2C)c1C. The lowest BCUT2D eigenvalue weighted by Crippen LogP contribution is -2.22. The number of hydrogen-bond acceptors (Lipinski definition) is 6. The van der Waals surface area contributed by atoms with Gasteiger partial charge in [0.25, 0.3) is 0 Å². The summed E-state index contributed by atoms with van der Waals surface area (Å²) in [5, 5.41) is 3.45. The van der Waals surface area contributed by atoms with Crippen molar-refractivity contribution in [2.24, 2.45) is 0 Å². The first-order chi connectivity index (χ1) is 12.4. The van der Waals surface area contributed by atoms with Gasteiger partial charge in [-0.15, -0.1) is 0 Å². The van der Waals surface area contributed by atoms with Gasteiger partial charge in [0.2, 0.25) is 5.88 Å². The molecular weight excluding hydrogens is 330 g/mol. The van der Waals surface area contributed by atoms with E-state index < -0.39 is 0 Å². The Bertz CT molecular complexity index is 739. The molecule has 0 aliphatic carbocycles. The van der Waals surface area contributed by atoms with Crippen molar-refractivity contribution in [3.8, 4) is 11.6 Å². The Kier molecular flexibility index (Phi) is 6.80. The first-order valence-corrected chi connectivity index (χ1v) is 8.82. The molecule has 2 aromatic rings. The zero-order valence-corrected chi connectivity index (χ0v) is 16.8. The molecule has 1 N–H and O–H groups in total. The van der Waals surface area contributed by atoms with Crippen molar-refractivity contribution in [1.29, 1.82) is 0 Å². The average Bonchev–Trinajstić information content (AvgIpc) is 2.60. The highest BCUT2D eigenvalue weighted by atomic mass is 16.5. The van der Waals surface area contributed by atoms with Crippen LogP contribution in [0.1, 0.15) is 35.9 Å². The van der Waals surface area contributed by atoms with Crippen LogP contribution in [-0.4, -0.2) is 36.9 Å². The molecule has 0 amide bonds. The van der Waals surface area contributed by atoms with Crippen LogP contribution < -0.4 is 14.8 Å². The molecule has 1 aromatic carbocycles. The summed E-state index contributed by atoms with van der Waals surface area (Å²) in [4.78, 5) is 9.04. The van der Waals surface area contributed by atoms with Crippen molar-refractivity contribution in [3.05, 3.63) is 34.6 Å². The summed E-state index contributed by atoms with van der Waals surface area (Å²) in [5.41, 5.74) is 4.07. The van der Waals surface area contributed by atoms with E-state index in [9.17, 15) is 0 Å². The van der Waals surface area contributed by atoms with E-state index in [1.807, 2.05) is 39.8 Å². The number of rotatable bonds is 8. The molecule has 2 rings (SSSR count).